The van der Waals surface area contributed by atoms with E-state index in [1.165, 1.54) is 6.92 Å². The highest BCUT2D eigenvalue weighted by Crippen LogP contribution is 1.84. The van der Waals surface area contributed by atoms with Crippen LogP contribution >= 0.6 is 22.6 Å². The van der Waals surface area contributed by atoms with Crippen molar-refractivity contribution < 1.29 is 14.7 Å². The molecule has 0 saturated carbocycles. The molecule has 0 aliphatic carbocycles. The van der Waals surface area contributed by atoms with E-state index < -0.39 is 12.0 Å². The maximum atomic E-state index is 10.5. The highest BCUT2D eigenvalue weighted by Gasteiger charge is 2.11. The summed E-state index contributed by atoms with van der Waals surface area (Å²) in [6.07, 6.45) is 0. The Labute approximate surface area is 72.1 Å². The summed E-state index contributed by atoms with van der Waals surface area (Å²) in [5, 5.41) is 10.6. The van der Waals surface area contributed by atoms with Crippen LogP contribution in [0.4, 0.5) is 0 Å². The van der Waals surface area contributed by atoms with E-state index in [2.05, 4.69) is 5.32 Å². The molecule has 0 aromatic rings. The number of alkyl halides is 1. The molecular formula is C5H8INO3. The van der Waals surface area contributed by atoms with E-state index in [0.29, 0.717) is 0 Å². The first kappa shape index (κ1) is 9.67. The summed E-state index contributed by atoms with van der Waals surface area (Å²) in [5.74, 6) is -1.27. The monoisotopic (exact) mass is 257 g/mol. The lowest BCUT2D eigenvalue weighted by molar-refractivity contribution is -0.140. The molecule has 0 unspecified atom stereocenters. The summed E-state index contributed by atoms with van der Waals surface area (Å²) in [7, 11) is 0. The number of aliphatic carboxylic acids is 1. The SMILES string of the molecule is C[C@H](NC(=O)CI)C(=O)O. The molecule has 0 spiro atoms. The van der Waals surface area contributed by atoms with Gasteiger partial charge in [0.2, 0.25) is 5.91 Å². The number of halogens is 1. The van der Waals surface area contributed by atoms with Crippen LogP contribution in [0.5, 0.6) is 0 Å². The van der Waals surface area contributed by atoms with Crippen LogP contribution in [0.1, 0.15) is 6.92 Å². The van der Waals surface area contributed by atoms with E-state index in [9.17, 15) is 9.59 Å². The van der Waals surface area contributed by atoms with Gasteiger partial charge in [-0.2, -0.15) is 0 Å². The number of carboxylic acids is 1. The minimum atomic E-state index is -1.02. The zero-order valence-electron chi connectivity index (χ0n) is 5.43. The molecule has 0 aliphatic rings. The quantitative estimate of drug-likeness (QED) is 0.553. The van der Waals surface area contributed by atoms with Crippen molar-refractivity contribution in [1.82, 2.24) is 5.32 Å². The van der Waals surface area contributed by atoms with Gasteiger partial charge in [0.15, 0.2) is 0 Å². The Morgan fingerprint density at radius 1 is 1.70 bits per heavy atom. The molecule has 0 rings (SSSR count). The van der Waals surface area contributed by atoms with E-state index in [1.54, 1.807) is 0 Å². The molecule has 0 bridgehead atoms. The number of hydrogen-bond acceptors (Lipinski definition) is 2. The van der Waals surface area contributed by atoms with Crippen LogP contribution in [0.2, 0.25) is 0 Å². The number of carboxylic acid groups (broad SMARTS) is 1. The molecule has 0 aliphatic heterocycles. The predicted octanol–water partition coefficient (Wildman–Crippen LogP) is 0.0107. The molecule has 0 fully saturated rings. The summed E-state index contributed by atoms with van der Waals surface area (Å²) >= 11 is 1.87. The highest BCUT2D eigenvalue weighted by atomic mass is 127. The van der Waals surface area contributed by atoms with Crippen molar-refractivity contribution in [2.45, 2.75) is 13.0 Å². The lowest BCUT2D eigenvalue weighted by Gasteiger charge is -2.05. The number of hydrogen-bond donors (Lipinski definition) is 2. The maximum absolute atomic E-state index is 10.5. The second kappa shape index (κ2) is 4.48. The highest BCUT2D eigenvalue weighted by molar-refractivity contribution is 14.1. The summed E-state index contributed by atoms with van der Waals surface area (Å²) < 4.78 is 0.287. The largest absolute Gasteiger partial charge is 0.480 e. The van der Waals surface area contributed by atoms with Gasteiger partial charge in [-0.3, -0.25) is 9.59 Å². The molecule has 4 nitrogen and oxygen atoms in total. The van der Waals surface area contributed by atoms with Gasteiger partial charge in [0.25, 0.3) is 0 Å². The van der Waals surface area contributed by atoms with Gasteiger partial charge in [-0.15, -0.1) is 0 Å². The predicted molar refractivity (Wildman–Crippen MR) is 44.1 cm³/mol. The summed E-state index contributed by atoms with van der Waals surface area (Å²) in [4.78, 5) is 20.7. The van der Waals surface area contributed by atoms with Crippen molar-refractivity contribution in [1.29, 1.82) is 0 Å². The molecule has 0 saturated heterocycles. The van der Waals surface area contributed by atoms with Crippen LogP contribution in [-0.4, -0.2) is 27.5 Å². The van der Waals surface area contributed by atoms with Gasteiger partial charge in [-0.25, -0.2) is 0 Å². The van der Waals surface area contributed by atoms with Crippen LogP contribution in [0, 0.1) is 0 Å². The minimum absolute atomic E-state index is 0.254. The summed E-state index contributed by atoms with van der Waals surface area (Å²) in [6.45, 7) is 1.42. The Morgan fingerprint density at radius 3 is 2.50 bits per heavy atom. The van der Waals surface area contributed by atoms with E-state index >= 15 is 0 Å². The lowest BCUT2D eigenvalue weighted by Crippen LogP contribution is -2.38. The zero-order valence-corrected chi connectivity index (χ0v) is 7.58. The molecule has 1 amide bonds. The number of amides is 1. The standard InChI is InChI=1S/C5H8INO3/c1-3(5(9)10)7-4(8)2-6/h3H,2H2,1H3,(H,7,8)(H,9,10)/t3-/m0/s1. The number of rotatable bonds is 3. The topological polar surface area (TPSA) is 66.4 Å². The molecule has 2 N–H and O–H groups in total. The van der Waals surface area contributed by atoms with Gasteiger partial charge in [0, 0.05) is 0 Å². The fraction of sp³-hybridized carbons (Fsp3) is 0.600. The fourth-order valence-electron chi connectivity index (χ4n) is 0.342. The average Bonchev–Trinajstić information content (AvgIpc) is 1.87. The van der Waals surface area contributed by atoms with Crippen molar-refractivity contribution in [3.8, 4) is 0 Å². The van der Waals surface area contributed by atoms with Crippen LogP contribution in [-0.2, 0) is 9.59 Å². The van der Waals surface area contributed by atoms with E-state index in [1.807, 2.05) is 22.6 Å². The summed E-state index contributed by atoms with van der Waals surface area (Å²) in [6, 6.07) is -0.790. The molecule has 0 heterocycles. The second-order valence-corrected chi connectivity index (χ2v) is 2.52. The molecular weight excluding hydrogens is 249 g/mol. The van der Waals surface area contributed by atoms with Crippen molar-refractivity contribution in [3.05, 3.63) is 0 Å². The van der Waals surface area contributed by atoms with Crippen LogP contribution in [0.25, 0.3) is 0 Å². The van der Waals surface area contributed by atoms with Gasteiger partial charge in [-0.05, 0) is 6.92 Å². The van der Waals surface area contributed by atoms with E-state index in [4.69, 9.17) is 5.11 Å². The van der Waals surface area contributed by atoms with Crippen molar-refractivity contribution in [2.24, 2.45) is 0 Å². The Kier molecular flexibility index (Phi) is 4.33. The molecule has 58 valence electrons. The third kappa shape index (κ3) is 3.65. The first-order valence-corrected chi connectivity index (χ1v) is 4.18. The van der Waals surface area contributed by atoms with Crippen molar-refractivity contribution >= 4 is 34.5 Å². The molecule has 5 heteroatoms. The third-order valence-electron chi connectivity index (χ3n) is 0.869. The molecule has 0 radical (unpaired) electrons. The normalized spacial score (nSPS) is 12.2. The smallest absolute Gasteiger partial charge is 0.325 e. The van der Waals surface area contributed by atoms with Crippen LogP contribution in [0.3, 0.4) is 0 Å². The number of carbonyl (C=O) groups excluding carboxylic acids is 1. The van der Waals surface area contributed by atoms with Gasteiger partial charge in [-0.1, -0.05) is 22.6 Å². The zero-order chi connectivity index (χ0) is 8.15. The lowest BCUT2D eigenvalue weighted by atomic mass is 10.3. The van der Waals surface area contributed by atoms with Crippen LogP contribution in [0.15, 0.2) is 0 Å². The maximum Gasteiger partial charge on any atom is 0.325 e. The number of nitrogens with one attached hydrogen (secondary N) is 1. The molecule has 10 heavy (non-hydrogen) atoms. The fourth-order valence-corrected chi connectivity index (χ4v) is 0.562. The second-order valence-electron chi connectivity index (χ2n) is 1.76. The average molecular weight is 257 g/mol. The molecule has 1 atom stereocenters. The Bertz CT molecular complexity index is 148. The van der Waals surface area contributed by atoms with Gasteiger partial charge in [0.05, 0.1) is 4.43 Å². The van der Waals surface area contributed by atoms with Gasteiger partial charge in [0.1, 0.15) is 6.04 Å². The van der Waals surface area contributed by atoms with Gasteiger partial charge < -0.3 is 10.4 Å². The Morgan fingerprint density at radius 2 is 2.20 bits per heavy atom. The first-order valence-electron chi connectivity index (χ1n) is 2.66. The first-order chi connectivity index (χ1) is 4.57. The molecule has 0 aromatic carbocycles. The third-order valence-corrected chi connectivity index (χ3v) is 1.56. The van der Waals surface area contributed by atoms with E-state index in [0.717, 1.165) is 0 Å². The number of carbonyl (C=O) groups is 2. The van der Waals surface area contributed by atoms with Crippen molar-refractivity contribution in [2.75, 3.05) is 4.43 Å². The Balaban J connectivity index is 3.68. The van der Waals surface area contributed by atoms with Crippen LogP contribution < -0.4 is 5.32 Å². The van der Waals surface area contributed by atoms with Crippen molar-refractivity contribution in [3.63, 3.8) is 0 Å². The molecule has 0 aromatic heterocycles. The van der Waals surface area contributed by atoms with E-state index in [-0.39, 0.29) is 10.3 Å². The summed E-state index contributed by atoms with van der Waals surface area (Å²) in [5.41, 5.74) is 0. The van der Waals surface area contributed by atoms with Gasteiger partial charge >= 0.3 is 5.97 Å². The minimum Gasteiger partial charge on any atom is -0.480 e. The Hall–Kier alpha value is -0.330.